The van der Waals surface area contributed by atoms with Crippen molar-refractivity contribution in [3.63, 3.8) is 0 Å². The Morgan fingerprint density at radius 2 is 1.96 bits per heavy atom. The molecule has 2 heterocycles. The van der Waals surface area contributed by atoms with Gasteiger partial charge in [-0.25, -0.2) is 4.79 Å². The number of esters is 1. The molecule has 3 rings (SSSR count). The molecule has 0 aromatic heterocycles. The summed E-state index contributed by atoms with van der Waals surface area (Å²) in [5, 5.41) is 0. The van der Waals surface area contributed by atoms with Crippen LogP contribution >= 0.6 is 0 Å². The Morgan fingerprint density at radius 1 is 1.22 bits per heavy atom. The third-order valence-corrected chi connectivity index (χ3v) is 4.10. The maximum atomic E-state index is 13.0. The highest BCUT2D eigenvalue weighted by Crippen LogP contribution is 2.42. The first-order valence-electron chi connectivity index (χ1n) is 7.34. The Hall–Kier alpha value is -2.88. The largest absolute Gasteiger partial charge is 0.466 e. The van der Waals surface area contributed by atoms with Crippen molar-refractivity contribution in [1.82, 2.24) is 4.90 Å². The van der Waals surface area contributed by atoms with E-state index in [1.54, 1.807) is 6.08 Å². The minimum absolute atomic E-state index is 0.0443. The lowest BCUT2D eigenvalue weighted by molar-refractivity contribution is -0.134. The van der Waals surface area contributed by atoms with Crippen molar-refractivity contribution in [2.75, 3.05) is 7.11 Å². The zero-order chi connectivity index (χ0) is 16.4. The Kier molecular flexibility index (Phi) is 3.74. The normalized spacial score (nSPS) is 22.9. The zero-order valence-corrected chi connectivity index (χ0v) is 13.0. The molecule has 0 saturated carbocycles. The predicted octanol–water partition coefficient (Wildman–Crippen LogP) is 2.85. The van der Waals surface area contributed by atoms with Gasteiger partial charge in [0.15, 0.2) is 5.78 Å². The van der Waals surface area contributed by atoms with E-state index in [-0.39, 0.29) is 5.78 Å². The topological polar surface area (TPSA) is 46.6 Å². The van der Waals surface area contributed by atoms with E-state index in [0.29, 0.717) is 5.57 Å². The summed E-state index contributed by atoms with van der Waals surface area (Å²) in [5.41, 5.74) is 1.45. The van der Waals surface area contributed by atoms with Gasteiger partial charge >= 0.3 is 5.97 Å². The van der Waals surface area contributed by atoms with Gasteiger partial charge in [0.25, 0.3) is 0 Å². The summed E-state index contributed by atoms with van der Waals surface area (Å²) in [5.74, 6) is -0.532. The summed E-state index contributed by atoms with van der Waals surface area (Å²) in [6.07, 6.45) is 10.3. The third-order valence-electron chi connectivity index (χ3n) is 4.10. The van der Waals surface area contributed by atoms with Crippen molar-refractivity contribution in [1.29, 1.82) is 0 Å². The van der Waals surface area contributed by atoms with E-state index in [9.17, 15) is 9.59 Å². The van der Waals surface area contributed by atoms with Crippen molar-refractivity contribution in [2.45, 2.75) is 12.5 Å². The van der Waals surface area contributed by atoms with E-state index in [4.69, 9.17) is 0 Å². The van der Waals surface area contributed by atoms with Crippen molar-refractivity contribution in [3.05, 3.63) is 78.0 Å². The van der Waals surface area contributed by atoms with Crippen molar-refractivity contribution >= 4 is 17.4 Å². The zero-order valence-electron chi connectivity index (χ0n) is 13.0. The molecule has 0 N–H and O–H groups in total. The first-order valence-corrected chi connectivity index (χ1v) is 7.34. The van der Waals surface area contributed by atoms with Crippen molar-refractivity contribution in [3.8, 4) is 0 Å². The highest BCUT2D eigenvalue weighted by Gasteiger charge is 2.47. The van der Waals surface area contributed by atoms with Gasteiger partial charge in [-0.15, -0.1) is 0 Å². The molecule has 0 saturated heterocycles. The summed E-state index contributed by atoms with van der Waals surface area (Å²) in [6, 6.07) is 9.68. The van der Waals surface area contributed by atoms with Gasteiger partial charge in [0.05, 0.1) is 12.8 Å². The number of carbonyl (C=O) groups is 2. The fourth-order valence-corrected chi connectivity index (χ4v) is 2.88. The number of Topliss-reactive ketones (excluding diaryl/α,β-unsaturated/α-hetero) is 1. The van der Waals surface area contributed by atoms with E-state index < -0.39 is 11.5 Å². The number of nitrogens with zero attached hydrogens (tertiary/aromatic N) is 1. The number of benzene rings is 1. The molecule has 1 atom stereocenters. The summed E-state index contributed by atoms with van der Waals surface area (Å²) >= 11 is 0. The van der Waals surface area contributed by atoms with Gasteiger partial charge in [0.1, 0.15) is 5.54 Å². The fraction of sp³-hybridized carbons (Fsp3) is 0.158. The number of fused-ring (bicyclic) bond motifs is 1. The first kappa shape index (κ1) is 15.0. The second kappa shape index (κ2) is 5.72. The van der Waals surface area contributed by atoms with Crippen LogP contribution in [-0.2, 0) is 14.3 Å². The Bertz CT molecular complexity index is 771. The maximum absolute atomic E-state index is 13.0. The minimum Gasteiger partial charge on any atom is -0.466 e. The van der Waals surface area contributed by atoms with Crippen LogP contribution in [0.3, 0.4) is 0 Å². The molecule has 23 heavy (non-hydrogen) atoms. The smallest absolute Gasteiger partial charge is 0.330 e. The maximum Gasteiger partial charge on any atom is 0.330 e. The van der Waals surface area contributed by atoms with Gasteiger partial charge in [-0.2, -0.15) is 0 Å². The quantitative estimate of drug-likeness (QED) is 0.636. The van der Waals surface area contributed by atoms with E-state index in [1.165, 1.54) is 13.2 Å². The molecule has 0 fully saturated rings. The number of hydrogen-bond acceptors (Lipinski definition) is 4. The van der Waals surface area contributed by atoms with E-state index in [1.807, 2.05) is 66.6 Å². The fourth-order valence-electron chi connectivity index (χ4n) is 2.88. The Balaban J connectivity index is 2.17. The molecule has 0 amide bonds. The molecular formula is C19H17NO3. The average Bonchev–Trinajstić information content (AvgIpc) is 2.81. The van der Waals surface area contributed by atoms with Gasteiger partial charge < -0.3 is 9.64 Å². The molecule has 0 spiro atoms. The molecule has 1 unspecified atom stereocenters. The van der Waals surface area contributed by atoms with Crippen LogP contribution in [-0.4, -0.2) is 29.3 Å². The molecule has 0 aliphatic carbocycles. The summed E-state index contributed by atoms with van der Waals surface area (Å²) in [4.78, 5) is 26.3. The average molecular weight is 307 g/mol. The van der Waals surface area contributed by atoms with Crippen LogP contribution in [0, 0.1) is 0 Å². The number of methoxy groups -OCH3 is 1. The molecule has 116 valence electrons. The lowest BCUT2D eigenvalue weighted by Gasteiger charge is -2.34. The van der Waals surface area contributed by atoms with E-state index in [0.717, 1.165) is 11.3 Å². The Labute approximate surface area is 135 Å². The number of allylic oxidation sites excluding steroid dienone is 3. The SMILES string of the molecule is COC(=O)/C=C/C1=C(c2ccccc2)N2C=CC=CC2(C)C1=O. The lowest BCUT2D eigenvalue weighted by atomic mass is 9.92. The number of ether oxygens (including phenoxy) is 1. The molecule has 2 aliphatic heterocycles. The van der Waals surface area contributed by atoms with E-state index in [2.05, 4.69) is 4.74 Å². The third kappa shape index (κ3) is 2.42. The number of ketones is 1. The van der Waals surface area contributed by atoms with Crippen molar-refractivity contribution in [2.24, 2.45) is 0 Å². The molecule has 0 bridgehead atoms. The summed E-state index contributed by atoms with van der Waals surface area (Å²) in [7, 11) is 1.31. The van der Waals surface area contributed by atoms with Gasteiger partial charge in [-0.05, 0) is 24.6 Å². The number of hydrogen-bond donors (Lipinski definition) is 0. The van der Waals surface area contributed by atoms with E-state index >= 15 is 0 Å². The summed E-state index contributed by atoms with van der Waals surface area (Å²) in [6.45, 7) is 1.87. The van der Waals surface area contributed by atoms with Crippen LogP contribution in [0.4, 0.5) is 0 Å². The highest BCUT2D eigenvalue weighted by atomic mass is 16.5. The molecule has 0 radical (unpaired) electrons. The minimum atomic E-state index is -0.768. The molecule has 4 heteroatoms. The molecule has 2 aliphatic rings. The monoisotopic (exact) mass is 307 g/mol. The van der Waals surface area contributed by atoms with Crippen molar-refractivity contribution < 1.29 is 14.3 Å². The van der Waals surface area contributed by atoms with Crippen LogP contribution in [0.2, 0.25) is 0 Å². The standard InChI is InChI=1S/C19H17NO3/c1-19-12-6-7-13-20(19)17(14-8-4-3-5-9-14)15(18(19)22)10-11-16(21)23-2/h3-13H,1-2H3/b11-10+. The highest BCUT2D eigenvalue weighted by molar-refractivity contribution is 6.16. The van der Waals surface area contributed by atoms with Crippen LogP contribution in [0.15, 0.2) is 72.5 Å². The predicted molar refractivity (Wildman–Crippen MR) is 88.0 cm³/mol. The lowest BCUT2D eigenvalue weighted by Crippen LogP contribution is -2.43. The molecule has 4 nitrogen and oxygen atoms in total. The van der Waals surface area contributed by atoms with Gasteiger partial charge in [-0.3, -0.25) is 4.79 Å². The molecular weight excluding hydrogens is 290 g/mol. The number of rotatable bonds is 3. The van der Waals surface area contributed by atoms with Gasteiger partial charge in [0, 0.05) is 17.8 Å². The van der Waals surface area contributed by atoms with Crippen LogP contribution in [0.25, 0.3) is 5.70 Å². The van der Waals surface area contributed by atoms with Crippen LogP contribution < -0.4 is 0 Å². The first-order chi connectivity index (χ1) is 11.1. The second-order valence-electron chi connectivity index (χ2n) is 5.53. The Morgan fingerprint density at radius 3 is 2.65 bits per heavy atom. The molecule has 1 aromatic carbocycles. The van der Waals surface area contributed by atoms with Gasteiger partial charge in [-0.1, -0.05) is 42.5 Å². The number of carbonyl (C=O) groups excluding carboxylic acids is 2. The molecule has 1 aromatic rings. The van der Waals surface area contributed by atoms with Crippen LogP contribution in [0.5, 0.6) is 0 Å². The van der Waals surface area contributed by atoms with Gasteiger partial charge in [0.2, 0.25) is 0 Å². The second-order valence-corrected chi connectivity index (χ2v) is 5.53. The summed E-state index contributed by atoms with van der Waals surface area (Å²) < 4.78 is 4.63. The van der Waals surface area contributed by atoms with Crippen LogP contribution in [0.1, 0.15) is 12.5 Å².